The van der Waals surface area contributed by atoms with Gasteiger partial charge in [0, 0.05) is 12.5 Å². The molecule has 0 amide bonds. The molecule has 2 aliphatic rings. The van der Waals surface area contributed by atoms with Crippen LogP contribution in [0, 0.1) is 0 Å². The summed E-state index contributed by atoms with van der Waals surface area (Å²) in [5.74, 6) is 1.79. The van der Waals surface area contributed by atoms with Crippen molar-refractivity contribution in [3.05, 3.63) is 29.8 Å². The third-order valence-electron chi connectivity index (χ3n) is 4.35. The highest BCUT2D eigenvalue weighted by molar-refractivity contribution is 5.40. The third-order valence-corrected chi connectivity index (χ3v) is 4.35. The van der Waals surface area contributed by atoms with Crippen molar-refractivity contribution in [1.29, 1.82) is 0 Å². The van der Waals surface area contributed by atoms with Crippen molar-refractivity contribution in [2.45, 2.75) is 43.7 Å². The van der Waals surface area contributed by atoms with Crippen LogP contribution in [0.25, 0.3) is 0 Å². The molecule has 3 rings (SSSR count). The summed E-state index contributed by atoms with van der Waals surface area (Å²) in [5, 5.41) is 0. The molecule has 0 radical (unpaired) electrons. The Morgan fingerprint density at radius 1 is 1.24 bits per heavy atom. The minimum Gasteiger partial charge on any atom is -0.487 e. The van der Waals surface area contributed by atoms with Crippen molar-refractivity contribution in [1.82, 2.24) is 4.90 Å². The molecule has 1 fully saturated rings. The lowest BCUT2D eigenvalue weighted by molar-refractivity contribution is -0.0107. The topological polar surface area (TPSA) is 12.5 Å². The summed E-state index contributed by atoms with van der Waals surface area (Å²) >= 11 is 0. The van der Waals surface area contributed by atoms with E-state index >= 15 is 0 Å². The lowest BCUT2D eigenvalue weighted by atomic mass is 9.71. The van der Waals surface area contributed by atoms with Crippen LogP contribution < -0.4 is 4.74 Å². The number of fused-ring (bicyclic) bond motifs is 4. The van der Waals surface area contributed by atoms with Crippen LogP contribution in [0.2, 0.25) is 0 Å². The first kappa shape index (κ1) is 11.1. The van der Waals surface area contributed by atoms with Gasteiger partial charge in [0.2, 0.25) is 0 Å². The average Bonchev–Trinajstić information content (AvgIpc) is 2.27. The predicted molar refractivity (Wildman–Crippen MR) is 69.5 cm³/mol. The summed E-state index contributed by atoms with van der Waals surface area (Å²) in [4.78, 5) is 2.35. The van der Waals surface area contributed by atoms with Gasteiger partial charge in [-0.1, -0.05) is 18.2 Å². The molecule has 2 nitrogen and oxygen atoms in total. The lowest BCUT2D eigenvalue weighted by Gasteiger charge is -2.48. The van der Waals surface area contributed by atoms with Crippen molar-refractivity contribution < 1.29 is 4.74 Å². The SMILES string of the molecule is CN(C)[C@H]1CC2CC(C)(C1)Oc1ccccc12. The average molecular weight is 231 g/mol. The number of ether oxygens (including phenoxy) is 1. The van der Waals surface area contributed by atoms with E-state index < -0.39 is 0 Å². The summed E-state index contributed by atoms with van der Waals surface area (Å²) in [6, 6.07) is 9.21. The van der Waals surface area contributed by atoms with Gasteiger partial charge in [0.05, 0.1) is 0 Å². The van der Waals surface area contributed by atoms with Gasteiger partial charge < -0.3 is 9.64 Å². The maximum Gasteiger partial charge on any atom is 0.123 e. The largest absolute Gasteiger partial charge is 0.487 e. The van der Waals surface area contributed by atoms with Crippen LogP contribution >= 0.6 is 0 Å². The number of rotatable bonds is 1. The zero-order chi connectivity index (χ0) is 12.0. The van der Waals surface area contributed by atoms with Gasteiger partial charge in [-0.3, -0.25) is 0 Å². The fourth-order valence-corrected chi connectivity index (χ4v) is 3.49. The Hall–Kier alpha value is -1.02. The van der Waals surface area contributed by atoms with E-state index in [9.17, 15) is 0 Å². The van der Waals surface area contributed by atoms with Crippen LogP contribution in [0.1, 0.15) is 37.7 Å². The molecule has 1 aliphatic heterocycles. The zero-order valence-corrected chi connectivity index (χ0v) is 10.9. The van der Waals surface area contributed by atoms with Gasteiger partial charge in [0.25, 0.3) is 0 Å². The first-order chi connectivity index (χ1) is 8.07. The van der Waals surface area contributed by atoms with E-state index in [-0.39, 0.29) is 5.60 Å². The third kappa shape index (κ3) is 1.85. The smallest absolute Gasteiger partial charge is 0.123 e. The number of hydrogen-bond donors (Lipinski definition) is 0. The van der Waals surface area contributed by atoms with Crippen molar-refractivity contribution in [3.8, 4) is 5.75 Å². The Labute approximate surface area is 104 Å². The van der Waals surface area contributed by atoms with Gasteiger partial charge in [-0.25, -0.2) is 0 Å². The minimum absolute atomic E-state index is 0.0339. The fraction of sp³-hybridized carbons (Fsp3) is 0.600. The van der Waals surface area contributed by atoms with Gasteiger partial charge in [0.15, 0.2) is 0 Å². The fourth-order valence-electron chi connectivity index (χ4n) is 3.49. The summed E-state index contributed by atoms with van der Waals surface area (Å²) in [5.41, 5.74) is 1.45. The molecular weight excluding hydrogens is 210 g/mol. The lowest BCUT2D eigenvalue weighted by Crippen LogP contribution is -2.49. The van der Waals surface area contributed by atoms with Gasteiger partial charge in [-0.05, 0) is 51.4 Å². The van der Waals surface area contributed by atoms with Gasteiger partial charge in [-0.2, -0.15) is 0 Å². The first-order valence-corrected chi connectivity index (χ1v) is 6.52. The number of nitrogens with zero attached hydrogens (tertiary/aromatic N) is 1. The minimum atomic E-state index is 0.0339. The molecule has 2 unspecified atom stereocenters. The molecule has 0 aromatic heterocycles. The molecule has 1 heterocycles. The van der Waals surface area contributed by atoms with Crippen LogP contribution in [-0.2, 0) is 0 Å². The second-order valence-corrected chi connectivity index (χ2v) is 6.05. The molecule has 17 heavy (non-hydrogen) atoms. The molecular formula is C15H21NO. The summed E-state index contributed by atoms with van der Waals surface area (Å²) in [6.07, 6.45) is 3.59. The molecule has 1 saturated carbocycles. The van der Waals surface area contributed by atoms with E-state index in [2.05, 4.69) is 50.2 Å². The highest BCUT2D eigenvalue weighted by Gasteiger charge is 2.44. The quantitative estimate of drug-likeness (QED) is 0.736. The van der Waals surface area contributed by atoms with Crippen LogP contribution in [-0.4, -0.2) is 30.6 Å². The van der Waals surface area contributed by atoms with Crippen molar-refractivity contribution in [2.75, 3.05) is 14.1 Å². The highest BCUT2D eigenvalue weighted by atomic mass is 16.5. The van der Waals surface area contributed by atoms with Gasteiger partial charge in [0.1, 0.15) is 11.4 Å². The van der Waals surface area contributed by atoms with Crippen LogP contribution in [0.3, 0.4) is 0 Å². The van der Waals surface area contributed by atoms with Crippen LogP contribution in [0.5, 0.6) is 5.75 Å². The maximum absolute atomic E-state index is 6.24. The molecule has 3 atom stereocenters. The van der Waals surface area contributed by atoms with Crippen molar-refractivity contribution in [3.63, 3.8) is 0 Å². The second kappa shape index (κ2) is 3.74. The molecule has 0 saturated heterocycles. The number of hydrogen-bond acceptors (Lipinski definition) is 2. The van der Waals surface area contributed by atoms with E-state index in [1.54, 1.807) is 0 Å². The molecule has 1 aromatic rings. The van der Waals surface area contributed by atoms with Gasteiger partial charge >= 0.3 is 0 Å². The molecule has 92 valence electrons. The molecule has 0 N–H and O–H groups in total. The van der Waals surface area contributed by atoms with Crippen molar-refractivity contribution >= 4 is 0 Å². The van der Waals surface area contributed by atoms with E-state index in [0.717, 1.165) is 12.2 Å². The molecule has 1 aliphatic carbocycles. The van der Waals surface area contributed by atoms with Gasteiger partial charge in [-0.15, -0.1) is 0 Å². The Bertz CT molecular complexity index is 429. The molecule has 1 aromatic carbocycles. The summed E-state index contributed by atoms with van der Waals surface area (Å²) < 4.78 is 6.24. The molecule has 0 spiro atoms. The Balaban J connectivity index is 1.98. The zero-order valence-electron chi connectivity index (χ0n) is 10.9. The summed E-state index contributed by atoms with van der Waals surface area (Å²) in [6.45, 7) is 2.27. The second-order valence-electron chi connectivity index (χ2n) is 6.05. The van der Waals surface area contributed by atoms with E-state index in [1.807, 2.05) is 0 Å². The number of benzene rings is 1. The Morgan fingerprint density at radius 2 is 2.00 bits per heavy atom. The van der Waals surface area contributed by atoms with Crippen LogP contribution in [0.4, 0.5) is 0 Å². The highest BCUT2D eigenvalue weighted by Crippen LogP contribution is 2.49. The standard InChI is InChI=1S/C15H21NO/c1-15-9-11(8-12(10-15)16(2)3)13-6-4-5-7-14(13)17-15/h4-7,11-12H,8-10H2,1-3H3/t11?,12-,15?/m0/s1. The number of para-hydroxylation sites is 1. The maximum atomic E-state index is 6.24. The monoisotopic (exact) mass is 231 g/mol. The van der Waals surface area contributed by atoms with E-state index in [1.165, 1.54) is 18.4 Å². The van der Waals surface area contributed by atoms with Crippen LogP contribution in [0.15, 0.2) is 24.3 Å². The molecule has 2 heteroatoms. The predicted octanol–water partition coefficient (Wildman–Crippen LogP) is 3.04. The van der Waals surface area contributed by atoms with E-state index in [4.69, 9.17) is 4.74 Å². The van der Waals surface area contributed by atoms with E-state index in [0.29, 0.717) is 12.0 Å². The Morgan fingerprint density at radius 3 is 2.76 bits per heavy atom. The Kier molecular flexibility index (Phi) is 2.44. The molecule has 2 bridgehead atoms. The summed E-state index contributed by atoms with van der Waals surface area (Å²) in [7, 11) is 4.36. The normalized spacial score (nSPS) is 35.3. The first-order valence-electron chi connectivity index (χ1n) is 6.52. The van der Waals surface area contributed by atoms with Crippen molar-refractivity contribution in [2.24, 2.45) is 0 Å².